The summed E-state index contributed by atoms with van der Waals surface area (Å²) < 4.78 is 12.0. The van der Waals surface area contributed by atoms with Crippen LogP contribution in [0.3, 0.4) is 0 Å². The van der Waals surface area contributed by atoms with E-state index in [9.17, 15) is 4.79 Å². The van der Waals surface area contributed by atoms with Crippen molar-refractivity contribution in [2.45, 2.75) is 19.8 Å². The summed E-state index contributed by atoms with van der Waals surface area (Å²) in [5, 5.41) is 10.4. The largest absolute Gasteiger partial charge is 0.494 e. The minimum atomic E-state index is -0.324. The molecule has 0 saturated carbocycles. The van der Waals surface area contributed by atoms with E-state index in [-0.39, 0.29) is 11.9 Å². The van der Waals surface area contributed by atoms with Crippen LogP contribution in [0, 0.1) is 0 Å². The summed E-state index contributed by atoms with van der Waals surface area (Å²) in [5.41, 5.74) is 1.25. The Labute approximate surface area is 159 Å². The first kappa shape index (κ1) is 18.1. The number of nitrogens with zero attached hydrogens (tertiary/aromatic N) is 2. The number of hydrogen-bond acceptors (Lipinski definition) is 5. The molecule has 3 rings (SSSR count). The number of carbonyl (C=O) groups is 1. The van der Waals surface area contributed by atoms with Crippen LogP contribution < -0.4 is 10.1 Å². The molecule has 0 bridgehead atoms. The van der Waals surface area contributed by atoms with E-state index >= 15 is 0 Å². The van der Waals surface area contributed by atoms with Gasteiger partial charge < -0.3 is 9.15 Å². The Hall–Kier alpha value is -2.67. The Morgan fingerprint density at radius 2 is 2.00 bits per heavy atom. The van der Waals surface area contributed by atoms with Crippen molar-refractivity contribution in [3.05, 3.63) is 58.6 Å². The number of ether oxygens (including phenoxy) is 1. The van der Waals surface area contributed by atoms with Crippen molar-refractivity contribution < 1.29 is 13.9 Å². The van der Waals surface area contributed by atoms with Crippen LogP contribution in [0.2, 0.25) is 0 Å². The summed E-state index contributed by atoms with van der Waals surface area (Å²) in [7, 11) is 0. The van der Waals surface area contributed by atoms with Gasteiger partial charge in [-0.05, 0) is 48.9 Å². The molecule has 0 spiro atoms. The minimum Gasteiger partial charge on any atom is -0.494 e. The molecule has 1 heterocycles. The molecule has 7 heteroatoms. The molecule has 0 aliphatic rings. The Morgan fingerprint density at radius 1 is 1.19 bits per heavy atom. The first-order valence-electron chi connectivity index (χ1n) is 8.29. The van der Waals surface area contributed by atoms with Gasteiger partial charge in [0.25, 0.3) is 5.91 Å². The second-order valence-corrected chi connectivity index (χ2v) is 6.52. The van der Waals surface area contributed by atoms with E-state index in [0.29, 0.717) is 18.1 Å². The van der Waals surface area contributed by atoms with E-state index in [2.05, 4.69) is 38.4 Å². The molecule has 134 valence electrons. The van der Waals surface area contributed by atoms with Gasteiger partial charge in [-0.3, -0.25) is 10.1 Å². The molecule has 6 nitrogen and oxygen atoms in total. The van der Waals surface area contributed by atoms with Crippen molar-refractivity contribution in [1.29, 1.82) is 0 Å². The molecule has 2 aromatic carbocycles. The number of rotatable bonds is 7. The van der Waals surface area contributed by atoms with Gasteiger partial charge in [0.2, 0.25) is 5.89 Å². The maximum Gasteiger partial charge on any atom is 0.322 e. The van der Waals surface area contributed by atoms with E-state index < -0.39 is 0 Å². The normalized spacial score (nSPS) is 10.5. The lowest BCUT2D eigenvalue weighted by atomic mass is 10.2. The fourth-order valence-electron chi connectivity index (χ4n) is 2.22. The topological polar surface area (TPSA) is 77.2 Å². The smallest absolute Gasteiger partial charge is 0.322 e. The lowest BCUT2D eigenvalue weighted by Gasteiger charge is -2.06. The average molecular weight is 416 g/mol. The number of hydrogen-bond donors (Lipinski definition) is 1. The van der Waals surface area contributed by atoms with Gasteiger partial charge >= 0.3 is 6.01 Å². The number of nitrogens with one attached hydrogen (secondary N) is 1. The maximum atomic E-state index is 12.3. The van der Waals surface area contributed by atoms with Crippen LogP contribution in [0.25, 0.3) is 11.5 Å². The molecule has 3 aromatic rings. The first-order valence-corrected chi connectivity index (χ1v) is 9.08. The standard InChI is InChI=1S/C19H18BrN3O3/c1-2-3-11-25-16-9-7-13(8-10-16)17(24)21-19-23-22-18(26-19)14-5-4-6-15(20)12-14/h4-10,12H,2-3,11H2,1H3,(H,21,23,24). The zero-order valence-corrected chi connectivity index (χ0v) is 15.8. The number of benzene rings is 2. The van der Waals surface area contributed by atoms with Gasteiger partial charge in [-0.25, -0.2) is 0 Å². The third kappa shape index (κ3) is 4.70. The molecular weight excluding hydrogens is 398 g/mol. The third-order valence-electron chi connectivity index (χ3n) is 3.60. The molecule has 0 fully saturated rings. The van der Waals surface area contributed by atoms with Crippen LogP contribution in [0.1, 0.15) is 30.1 Å². The summed E-state index contributed by atoms with van der Waals surface area (Å²) in [6, 6.07) is 14.5. The summed E-state index contributed by atoms with van der Waals surface area (Å²) >= 11 is 3.39. The second-order valence-electron chi connectivity index (χ2n) is 5.60. The fourth-order valence-corrected chi connectivity index (χ4v) is 2.62. The van der Waals surface area contributed by atoms with Gasteiger partial charge in [0.05, 0.1) is 6.61 Å². The SMILES string of the molecule is CCCCOc1ccc(C(=O)Nc2nnc(-c3cccc(Br)c3)o2)cc1. The highest BCUT2D eigenvalue weighted by Crippen LogP contribution is 2.23. The molecule has 0 saturated heterocycles. The van der Waals surface area contributed by atoms with Crippen molar-refractivity contribution in [2.24, 2.45) is 0 Å². The summed E-state index contributed by atoms with van der Waals surface area (Å²) in [6.45, 7) is 2.78. The van der Waals surface area contributed by atoms with Gasteiger partial charge in [-0.1, -0.05) is 40.4 Å². The monoisotopic (exact) mass is 415 g/mol. The predicted octanol–water partition coefficient (Wildman–Crippen LogP) is 4.93. The second kappa shape index (κ2) is 8.62. The number of aromatic nitrogens is 2. The number of halogens is 1. The van der Waals surface area contributed by atoms with Crippen LogP contribution in [-0.2, 0) is 0 Å². The minimum absolute atomic E-state index is 0.0493. The molecule has 0 radical (unpaired) electrons. The van der Waals surface area contributed by atoms with E-state index in [4.69, 9.17) is 9.15 Å². The van der Waals surface area contributed by atoms with Gasteiger partial charge in [0.1, 0.15) is 5.75 Å². The van der Waals surface area contributed by atoms with Crippen LogP contribution in [0.4, 0.5) is 6.01 Å². The number of amides is 1. The van der Waals surface area contributed by atoms with Crippen LogP contribution in [0.5, 0.6) is 5.75 Å². The fraction of sp³-hybridized carbons (Fsp3) is 0.211. The summed E-state index contributed by atoms with van der Waals surface area (Å²) in [6.07, 6.45) is 2.08. The zero-order valence-electron chi connectivity index (χ0n) is 14.2. The summed E-state index contributed by atoms with van der Waals surface area (Å²) in [4.78, 5) is 12.3. The Balaban J connectivity index is 1.63. The number of unbranched alkanes of at least 4 members (excludes halogenated alkanes) is 1. The van der Waals surface area contributed by atoms with Gasteiger partial charge in [-0.15, -0.1) is 5.10 Å². The molecule has 0 atom stereocenters. The van der Waals surface area contributed by atoms with Crippen molar-refractivity contribution >= 4 is 27.9 Å². The maximum absolute atomic E-state index is 12.3. The van der Waals surface area contributed by atoms with Crippen molar-refractivity contribution in [3.8, 4) is 17.2 Å². The zero-order chi connectivity index (χ0) is 18.4. The average Bonchev–Trinajstić information content (AvgIpc) is 3.11. The highest BCUT2D eigenvalue weighted by Gasteiger charge is 2.13. The lowest BCUT2D eigenvalue weighted by Crippen LogP contribution is -2.12. The third-order valence-corrected chi connectivity index (χ3v) is 4.09. The van der Waals surface area contributed by atoms with Crippen molar-refractivity contribution in [3.63, 3.8) is 0 Å². The van der Waals surface area contributed by atoms with Crippen LogP contribution in [-0.4, -0.2) is 22.7 Å². The quantitative estimate of drug-likeness (QED) is 0.553. The molecular formula is C19H18BrN3O3. The Morgan fingerprint density at radius 3 is 2.73 bits per heavy atom. The molecule has 0 aliphatic heterocycles. The van der Waals surface area contributed by atoms with E-state index in [0.717, 1.165) is 28.6 Å². The molecule has 1 amide bonds. The number of carbonyl (C=O) groups excluding carboxylic acids is 1. The van der Waals surface area contributed by atoms with Crippen molar-refractivity contribution in [2.75, 3.05) is 11.9 Å². The molecule has 0 unspecified atom stereocenters. The molecule has 1 N–H and O–H groups in total. The lowest BCUT2D eigenvalue weighted by molar-refractivity contribution is 0.102. The molecule has 26 heavy (non-hydrogen) atoms. The molecule has 0 aliphatic carbocycles. The van der Waals surface area contributed by atoms with E-state index in [1.165, 1.54) is 0 Å². The Bertz CT molecular complexity index is 878. The van der Waals surface area contributed by atoms with Gasteiger partial charge in [0, 0.05) is 15.6 Å². The van der Waals surface area contributed by atoms with Gasteiger partial charge in [0.15, 0.2) is 0 Å². The first-order chi connectivity index (χ1) is 12.7. The highest BCUT2D eigenvalue weighted by atomic mass is 79.9. The van der Waals surface area contributed by atoms with E-state index in [1.54, 1.807) is 24.3 Å². The van der Waals surface area contributed by atoms with Crippen LogP contribution in [0.15, 0.2) is 57.4 Å². The van der Waals surface area contributed by atoms with Crippen molar-refractivity contribution in [1.82, 2.24) is 10.2 Å². The van der Waals surface area contributed by atoms with E-state index in [1.807, 2.05) is 24.3 Å². The molecule has 1 aromatic heterocycles. The Kier molecular flexibility index (Phi) is 6.01. The number of anilines is 1. The van der Waals surface area contributed by atoms with Crippen LogP contribution >= 0.6 is 15.9 Å². The van der Waals surface area contributed by atoms with Gasteiger partial charge in [-0.2, -0.15) is 0 Å². The predicted molar refractivity (Wildman–Crippen MR) is 102 cm³/mol. The summed E-state index contributed by atoms with van der Waals surface area (Å²) in [5.74, 6) is 0.751. The highest BCUT2D eigenvalue weighted by molar-refractivity contribution is 9.10.